The Morgan fingerprint density at radius 2 is 1.89 bits per heavy atom. The Morgan fingerprint density at radius 1 is 1.26 bits per heavy atom. The van der Waals surface area contributed by atoms with Gasteiger partial charge in [-0.25, -0.2) is 0 Å². The van der Waals surface area contributed by atoms with E-state index in [2.05, 4.69) is 45.9 Å². The molecular weight excluding hydrogens is 236 g/mol. The number of aryl methyl sites for hydroxylation is 1. The summed E-state index contributed by atoms with van der Waals surface area (Å²) in [5.41, 5.74) is 14.9. The maximum atomic E-state index is 10.4. The van der Waals surface area contributed by atoms with E-state index >= 15 is 0 Å². The maximum absolute atomic E-state index is 10.4. The second-order valence-electron chi connectivity index (χ2n) is 6.20. The average molecular weight is 264 g/mol. The lowest BCUT2D eigenvalue weighted by molar-refractivity contribution is 0.142. The highest BCUT2D eigenvalue weighted by molar-refractivity contribution is 5.37. The highest BCUT2D eigenvalue weighted by Crippen LogP contribution is 2.29. The summed E-state index contributed by atoms with van der Waals surface area (Å²) < 4.78 is 0. The van der Waals surface area contributed by atoms with Gasteiger partial charge in [-0.05, 0) is 41.5 Å². The minimum Gasteiger partial charge on any atom is -0.387 e. The third-order valence-electron chi connectivity index (χ3n) is 3.62. The van der Waals surface area contributed by atoms with E-state index in [1.54, 1.807) is 0 Å². The van der Waals surface area contributed by atoms with Crippen molar-refractivity contribution in [1.29, 1.82) is 0 Å². The molecule has 0 fully saturated rings. The van der Waals surface area contributed by atoms with Crippen molar-refractivity contribution < 1.29 is 5.11 Å². The van der Waals surface area contributed by atoms with Crippen molar-refractivity contribution in [3.8, 4) is 0 Å². The average Bonchev–Trinajstić information content (AvgIpc) is 2.36. The van der Waals surface area contributed by atoms with Gasteiger partial charge < -0.3 is 16.6 Å². The van der Waals surface area contributed by atoms with Crippen molar-refractivity contribution in [1.82, 2.24) is 0 Å². The van der Waals surface area contributed by atoms with Crippen LogP contribution in [0, 0.1) is 0 Å². The van der Waals surface area contributed by atoms with Gasteiger partial charge in [-0.15, -0.1) is 0 Å². The lowest BCUT2D eigenvalue weighted by Gasteiger charge is -2.25. The van der Waals surface area contributed by atoms with Crippen molar-refractivity contribution in [2.24, 2.45) is 11.5 Å². The van der Waals surface area contributed by atoms with Crippen LogP contribution in [0.3, 0.4) is 0 Å². The summed E-state index contributed by atoms with van der Waals surface area (Å²) in [6, 6.07) is 6.04. The van der Waals surface area contributed by atoms with Crippen LogP contribution in [-0.2, 0) is 11.8 Å². The van der Waals surface area contributed by atoms with Crippen LogP contribution in [0.25, 0.3) is 0 Å². The van der Waals surface area contributed by atoms with E-state index in [0.717, 1.165) is 17.5 Å². The summed E-state index contributed by atoms with van der Waals surface area (Å²) in [5.74, 6) is 0. The summed E-state index contributed by atoms with van der Waals surface area (Å²) >= 11 is 0. The molecule has 0 spiro atoms. The van der Waals surface area contributed by atoms with Crippen LogP contribution in [0.5, 0.6) is 0 Å². The lowest BCUT2D eigenvalue weighted by atomic mass is 9.83. The standard InChI is InChI=1S/C16H28N2O/c1-5-11-6-7-12(16(2,3)4)10-13(11)15(19)14(18)8-9-17/h6-7,10,14-15,19H,5,8-9,17-18H2,1-4H3. The summed E-state index contributed by atoms with van der Waals surface area (Å²) in [4.78, 5) is 0. The van der Waals surface area contributed by atoms with Crippen LogP contribution in [0.1, 0.15) is 56.9 Å². The Kier molecular flexibility index (Phi) is 5.53. The molecule has 0 heterocycles. The Bertz CT molecular complexity index is 410. The third kappa shape index (κ3) is 4.03. The molecule has 2 atom stereocenters. The van der Waals surface area contributed by atoms with Crippen LogP contribution in [0.2, 0.25) is 0 Å². The molecule has 1 aromatic rings. The Labute approximate surface area is 117 Å². The molecule has 0 aliphatic rings. The maximum Gasteiger partial charge on any atom is 0.0944 e. The first-order valence-electron chi connectivity index (χ1n) is 7.08. The molecule has 5 N–H and O–H groups in total. The fourth-order valence-corrected chi connectivity index (χ4v) is 2.24. The summed E-state index contributed by atoms with van der Waals surface area (Å²) in [6.45, 7) is 9.10. The van der Waals surface area contributed by atoms with Gasteiger partial charge in [0.15, 0.2) is 0 Å². The van der Waals surface area contributed by atoms with E-state index in [1.807, 2.05) is 0 Å². The van der Waals surface area contributed by atoms with E-state index in [9.17, 15) is 5.11 Å². The molecule has 0 aliphatic heterocycles. The zero-order chi connectivity index (χ0) is 14.6. The van der Waals surface area contributed by atoms with Gasteiger partial charge >= 0.3 is 0 Å². The van der Waals surface area contributed by atoms with Crippen LogP contribution in [0.4, 0.5) is 0 Å². The molecule has 3 nitrogen and oxygen atoms in total. The molecule has 0 saturated carbocycles. The van der Waals surface area contributed by atoms with E-state index in [4.69, 9.17) is 11.5 Å². The molecule has 19 heavy (non-hydrogen) atoms. The number of hydrogen-bond acceptors (Lipinski definition) is 3. The second kappa shape index (κ2) is 6.51. The quantitative estimate of drug-likeness (QED) is 0.764. The molecule has 0 aliphatic carbocycles. The highest BCUT2D eigenvalue weighted by Gasteiger charge is 2.22. The predicted molar refractivity (Wildman–Crippen MR) is 81.1 cm³/mol. The van der Waals surface area contributed by atoms with Crippen molar-refractivity contribution in [2.45, 2.75) is 58.1 Å². The topological polar surface area (TPSA) is 72.3 Å². The minimum absolute atomic E-state index is 0.0682. The van der Waals surface area contributed by atoms with E-state index in [1.165, 1.54) is 5.56 Å². The molecular formula is C16H28N2O. The molecule has 1 aromatic carbocycles. The van der Waals surface area contributed by atoms with Gasteiger partial charge in [-0.3, -0.25) is 0 Å². The Hall–Kier alpha value is -0.900. The van der Waals surface area contributed by atoms with Gasteiger partial charge in [0.05, 0.1) is 6.10 Å². The molecule has 3 heteroatoms. The smallest absolute Gasteiger partial charge is 0.0944 e. The van der Waals surface area contributed by atoms with Crippen LogP contribution >= 0.6 is 0 Å². The van der Waals surface area contributed by atoms with Crippen LogP contribution in [-0.4, -0.2) is 17.7 Å². The summed E-state index contributed by atoms with van der Waals surface area (Å²) in [6.07, 6.45) is 0.886. The van der Waals surface area contributed by atoms with Crippen LogP contribution < -0.4 is 11.5 Å². The molecule has 0 saturated heterocycles. The van der Waals surface area contributed by atoms with Gasteiger partial charge in [-0.1, -0.05) is 45.9 Å². The van der Waals surface area contributed by atoms with E-state index in [0.29, 0.717) is 13.0 Å². The highest BCUT2D eigenvalue weighted by atomic mass is 16.3. The monoisotopic (exact) mass is 264 g/mol. The second-order valence-corrected chi connectivity index (χ2v) is 6.20. The van der Waals surface area contributed by atoms with E-state index < -0.39 is 6.10 Å². The van der Waals surface area contributed by atoms with Gasteiger partial charge in [-0.2, -0.15) is 0 Å². The molecule has 2 unspecified atom stereocenters. The number of rotatable bonds is 5. The number of aliphatic hydroxyl groups is 1. The first-order chi connectivity index (χ1) is 8.81. The van der Waals surface area contributed by atoms with Gasteiger partial charge in [0.2, 0.25) is 0 Å². The number of benzene rings is 1. The Morgan fingerprint density at radius 3 is 2.37 bits per heavy atom. The fourth-order valence-electron chi connectivity index (χ4n) is 2.24. The van der Waals surface area contributed by atoms with Gasteiger partial charge in [0.25, 0.3) is 0 Å². The fraction of sp³-hybridized carbons (Fsp3) is 0.625. The normalized spacial score (nSPS) is 15.3. The van der Waals surface area contributed by atoms with Gasteiger partial charge in [0.1, 0.15) is 0 Å². The van der Waals surface area contributed by atoms with Crippen molar-refractivity contribution in [3.05, 3.63) is 34.9 Å². The lowest BCUT2D eigenvalue weighted by Crippen LogP contribution is -2.31. The Balaban J connectivity index is 3.15. The van der Waals surface area contributed by atoms with Crippen LogP contribution in [0.15, 0.2) is 18.2 Å². The van der Waals surface area contributed by atoms with Crippen molar-refractivity contribution in [2.75, 3.05) is 6.54 Å². The predicted octanol–water partition coefficient (Wildman–Crippen LogP) is 2.26. The zero-order valence-corrected chi connectivity index (χ0v) is 12.6. The zero-order valence-electron chi connectivity index (χ0n) is 12.6. The first-order valence-corrected chi connectivity index (χ1v) is 7.08. The third-order valence-corrected chi connectivity index (χ3v) is 3.62. The van der Waals surface area contributed by atoms with Gasteiger partial charge in [0, 0.05) is 6.04 Å². The molecule has 0 amide bonds. The number of hydrogen-bond donors (Lipinski definition) is 3. The van der Waals surface area contributed by atoms with Crippen molar-refractivity contribution in [3.63, 3.8) is 0 Å². The summed E-state index contributed by atoms with van der Waals surface area (Å²) in [7, 11) is 0. The molecule has 1 rings (SSSR count). The SMILES string of the molecule is CCc1ccc(C(C)(C)C)cc1C(O)C(N)CCN. The number of aliphatic hydroxyl groups excluding tert-OH is 1. The summed E-state index contributed by atoms with van der Waals surface area (Å²) in [5, 5.41) is 10.4. The van der Waals surface area contributed by atoms with E-state index in [-0.39, 0.29) is 11.5 Å². The van der Waals surface area contributed by atoms with Crippen molar-refractivity contribution >= 4 is 0 Å². The molecule has 0 aromatic heterocycles. The number of nitrogens with two attached hydrogens (primary N) is 2. The minimum atomic E-state index is -0.638. The molecule has 108 valence electrons. The molecule has 0 radical (unpaired) electrons. The molecule has 0 bridgehead atoms. The largest absolute Gasteiger partial charge is 0.387 e. The first kappa shape index (κ1) is 16.2.